The topological polar surface area (TPSA) is 40.1 Å². The van der Waals surface area contributed by atoms with Gasteiger partial charge in [0.1, 0.15) is 0 Å². The zero-order valence-corrected chi connectivity index (χ0v) is 7.93. The second kappa shape index (κ2) is 9.22. The molecule has 0 aliphatic carbocycles. The standard InChI is InChI=1S/C2H4O2.Pb.S/c1-2(3)4;;/h1H3,(H,3,4);;/q;+4;-2. The molecular formula is C2H4O2PbS+2. The zero-order chi connectivity index (χ0) is 3.58. The van der Waals surface area contributed by atoms with Crippen LogP contribution in [0.5, 0.6) is 0 Å². The molecule has 0 amide bonds. The number of hydrogen-bond donors (Lipinski definition) is 0. The van der Waals surface area contributed by atoms with Crippen LogP contribution in [0.25, 0.3) is 0 Å². The molecule has 0 spiro atoms. The maximum absolute atomic E-state index is 8.89. The van der Waals surface area contributed by atoms with Gasteiger partial charge >= 0.3 is 28.7 Å². The second-order valence-electron chi connectivity index (χ2n) is 0.492. The van der Waals surface area contributed by atoms with E-state index in [4.69, 9.17) is 9.90 Å². The molecule has 0 aliphatic heterocycles. The molecule has 0 N–H and O–H groups in total. The van der Waals surface area contributed by atoms with Gasteiger partial charge in [-0.1, -0.05) is 0 Å². The van der Waals surface area contributed by atoms with Gasteiger partial charge in [-0.3, -0.25) is 0 Å². The zero-order valence-electron chi connectivity index (χ0n) is 4.22. The molecular weight excluding hydrogens is 295 g/mol. The van der Waals surface area contributed by atoms with Crippen LogP contribution in [-0.2, 0) is 18.3 Å². The molecule has 0 atom stereocenters. The molecule has 6 heavy (non-hydrogen) atoms. The van der Waals surface area contributed by atoms with E-state index in [1.54, 1.807) is 0 Å². The van der Waals surface area contributed by atoms with Gasteiger partial charge < -0.3 is 23.4 Å². The van der Waals surface area contributed by atoms with Crippen LogP contribution in [-0.4, -0.2) is 33.3 Å². The molecule has 0 aromatic rings. The Balaban J connectivity index is -0.0000000150. The summed E-state index contributed by atoms with van der Waals surface area (Å²) in [5.41, 5.74) is 0. The Bertz CT molecular complexity index is 38.7. The van der Waals surface area contributed by atoms with Crippen LogP contribution in [0.2, 0.25) is 0 Å². The maximum Gasteiger partial charge on any atom is 4.00 e. The maximum atomic E-state index is 8.89. The Morgan fingerprint density at radius 2 is 1.83 bits per heavy atom. The summed E-state index contributed by atoms with van der Waals surface area (Å²) in [6.07, 6.45) is 0. The van der Waals surface area contributed by atoms with Crippen molar-refractivity contribution in [3.63, 3.8) is 0 Å². The molecule has 32 valence electrons. The third-order valence-electron chi connectivity index (χ3n) is 0. The number of carbonyl (C=O) groups excluding carboxylic acids is 1. The SMILES string of the molecule is CC(=O)[O-].[H+].[Pb+4].[S-2]. The predicted octanol–water partition coefficient (Wildman–Crippen LogP) is -1.51. The van der Waals surface area contributed by atoms with Crippen molar-refractivity contribution in [1.82, 2.24) is 0 Å². The molecule has 0 unspecified atom stereocenters. The first-order valence-electron chi connectivity index (χ1n) is 0.908. The van der Waals surface area contributed by atoms with Crippen molar-refractivity contribution in [2.75, 3.05) is 0 Å². The van der Waals surface area contributed by atoms with Gasteiger partial charge in [-0.25, -0.2) is 0 Å². The van der Waals surface area contributed by atoms with Gasteiger partial charge in [-0.2, -0.15) is 0 Å². The first-order chi connectivity index (χ1) is 1.73. The van der Waals surface area contributed by atoms with Gasteiger partial charge in [-0.05, 0) is 6.92 Å². The van der Waals surface area contributed by atoms with Crippen molar-refractivity contribution in [3.05, 3.63) is 0 Å². The fourth-order valence-corrected chi connectivity index (χ4v) is 0. The summed E-state index contributed by atoms with van der Waals surface area (Å²) < 4.78 is 0. The van der Waals surface area contributed by atoms with E-state index in [9.17, 15) is 0 Å². The molecule has 0 saturated heterocycles. The Labute approximate surface area is 65.0 Å². The smallest absolute Gasteiger partial charge is 2.00 e. The van der Waals surface area contributed by atoms with Crippen LogP contribution >= 0.6 is 0 Å². The third kappa shape index (κ3) is 121. The summed E-state index contributed by atoms with van der Waals surface area (Å²) in [7, 11) is 0. The van der Waals surface area contributed by atoms with E-state index in [2.05, 4.69) is 0 Å². The van der Waals surface area contributed by atoms with E-state index < -0.39 is 5.97 Å². The fourth-order valence-electron chi connectivity index (χ4n) is 0. The monoisotopic (exact) mass is 300 g/mol. The van der Waals surface area contributed by atoms with Crippen molar-refractivity contribution in [3.8, 4) is 0 Å². The summed E-state index contributed by atoms with van der Waals surface area (Å²) in [5, 5.41) is 8.89. The normalized spacial score (nSPS) is 4.17. The Kier molecular flexibility index (Phi) is 24.4. The first-order valence-corrected chi connectivity index (χ1v) is 0.908. The van der Waals surface area contributed by atoms with E-state index in [0.29, 0.717) is 0 Å². The number of hydrogen-bond acceptors (Lipinski definition) is 2. The molecule has 0 fully saturated rings. The van der Waals surface area contributed by atoms with Crippen LogP contribution < -0.4 is 5.11 Å². The van der Waals surface area contributed by atoms with Crippen LogP contribution in [0.4, 0.5) is 0 Å². The largest absolute Gasteiger partial charge is 4.00 e. The Morgan fingerprint density at radius 1 is 1.83 bits per heavy atom. The molecule has 0 aromatic carbocycles. The van der Waals surface area contributed by atoms with Gasteiger partial charge in [0.15, 0.2) is 0 Å². The summed E-state index contributed by atoms with van der Waals surface area (Å²) in [6.45, 7) is 0.972. The molecule has 4 heteroatoms. The van der Waals surface area contributed by atoms with Crippen molar-refractivity contribution >= 4 is 46.8 Å². The fraction of sp³-hybridized carbons (Fsp3) is 0.500. The average molecular weight is 299 g/mol. The third-order valence-corrected chi connectivity index (χ3v) is 0. The number of aliphatic carboxylic acids is 1. The summed E-state index contributed by atoms with van der Waals surface area (Å²) >= 11 is 0. The van der Waals surface area contributed by atoms with Gasteiger partial charge in [0.05, 0.1) is 0 Å². The van der Waals surface area contributed by atoms with E-state index in [1.807, 2.05) is 0 Å². The van der Waals surface area contributed by atoms with Crippen LogP contribution in [0, 0.1) is 0 Å². The Morgan fingerprint density at radius 3 is 1.83 bits per heavy atom. The molecule has 2 nitrogen and oxygen atoms in total. The van der Waals surface area contributed by atoms with Gasteiger partial charge in [0.2, 0.25) is 0 Å². The van der Waals surface area contributed by atoms with E-state index in [1.165, 1.54) is 0 Å². The number of carboxylic acids is 1. The summed E-state index contributed by atoms with van der Waals surface area (Å²) in [6, 6.07) is 0. The minimum atomic E-state index is -1.08. The molecule has 0 saturated carbocycles. The molecule has 0 aliphatic rings. The van der Waals surface area contributed by atoms with Gasteiger partial charge in [0.25, 0.3) is 0 Å². The van der Waals surface area contributed by atoms with Crippen molar-refractivity contribution in [2.45, 2.75) is 6.92 Å². The first kappa shape index (κ1) is 15.9. The predicted molar refractivity (Wildman–Crippen MR) is 24.9 cm³/mol. The molecule has 0 bridgehead atoms. The minimum absolute atomic E-state index is 0. The number of carbonyl (C=O) groups is 1. The van der Waals surface area contributed by atoms with Crippen LogP contribution in [0.1, 0.15) is 8.35 Å². The van der Waals surface area contributed by atoms with E-state index in [0.717, 1.165) is 6.92 Å². The second-order valence-corrected chi connectivity index (χ2v) is 0.492. The van der Waals surface area contributed by atoms with Crippen molar-refractivity contribution in [2.24, 2.45) is 0 Å². The summed E-state index contributed by atoms with van der Waals surface area (Å²) in [4.78, 5) is 8.89. The van der Waals surface area contributed by atoms with E-state index >= 15 is 0 Å². The van der Waals surface area contributed by atoms with Gasteiger partial charge in [0, 0.05) is 5.97 Å². The summed E-state index contributed by atoms with van der Waals surface area (Å²) in [5.74, 6) is -1.08. The van der Waals surface area contributed by atoms with Crippen molar-refractivity contribution in [1.29, 1.82) is 0 Å². The van der Waals surface area contributed by atoms with Crippen LogP contribution in [0.3, 0.4) is 0 Å². The van der Waals surface area contributed by atoms with Crippen molar-refractivity contribution < 1.29 is 11.3 Å². The molecule has 0 aromatic heterocycles. The average Bonchev–Trinajstić information content (AvgIpc) is 0.811. The molecule has 0 heterocycles. The van der Waals surface area contributed by atoms with E-state index in [-0.39, 0.29) is 42.2 Å². The molecule has 0 rings (SSSR count). The number of rotatable bonds is 0. The van der Waals surface area contributed by atoms with Gasteiger partial charge in [-0.15, -0.1) is 0 Å². The van der Waals surface area contributed by atoms with Crippen LogP contribution in [0.15, 0.2) is 0 Å². The quantitative estimate of drug-likeness (QED) is 0.510. The molecule has 0 radical (unpaired) electrons. The Hall–Kier alpha value is 0.742. The minimum Gasteiger partial charge on any atom is -2.00 e. The number of carboxylic acid groups (broad SMARTS) is 1.